The molecular weight excluding hydrogens is 134 g/mol. The maximum Gasteiger partial charge on any atom is -0.00180 e. The standard InChI is InChI=1S/C10H21N/c1-3-5-10-6-7-11-8-9(10)4-2/h9-11H,3-8H2,1-2H3. The summed E-state index contributed by atoms with van der Waals surface area (Å²) in [5, 5.41) is 3.47. The fraction of sp³-hybridized carbons (Fsp3) is 1.00. The van der Waals surface area contributed by atoms with Crippen LogP contribution in [0.4, 0.5) is 0 Å². The fourth-order valence-corrected chi connectivity index (χ4v) is 2.21. The summed E-state index contributed by atoms with van der Waals surface area (Å²) in [6.07, 6.45) is 5.57. The van der Waals surface area contributed by atoms with Crippen LogP contribution in [0.25, 0.3) is 0 Å². The van der Waals surface area contributed by atoms with Crippen LogP contribution in [-0.4, -0.2) is 13.1 Å². The quantitative estimate of drug-likeness (QED) is 0.660. The second-order valence-corrected chi connectivity index (χ2v) is 3.71. The van der Waals surface area contributed by atoms with E-state index in [1.165, 1.54) is 38.8 Å². The molecule has 0 spiro atoms. The molecule has 0 radical (unpaired) electrons. The topological polar surface area (TPSA) is 12.0 Å². The zero-order valence-electron chi connectivity index (χ0n) is 7.90. The van der Waals surface area contributed by atoms with Crippen molar-refractivity contribution in [3.63, 3.8) is 0 Å². The van der Waals surface area contributed by atoms with E-state index in [0.29, 0.717) is 0 Å². The zero-order valence-corrected chi connectivity index (χ0v) is 7.90. The minimum Gasteiger partial charge on any atom is -0.316 e. The van der Waals surface area contributed by atoms with Gasteiger partial charge in [-0.15, -0.1) is 0 Å². The molecule has 1 N–H and O–H groups in total. The SMILES string of the molecule is CCCC1CCNCC1CC. The van der Waals surface area contributed by atoms with Crippen molar-refractivity contribution in [2.45, 2.75) is 39.5 Å². The maximum absolute atomic E-state index is 3.47. The monoisotopic (exact) mass is 155 g/mol. The molecule has 0 bridgehead atoms. The Balaban J connectivity index is 2.31. The van der Waals surface area contributed by atoms with Gasteiger partial charge in [-0.1, -0.05) is 33.1 Å². The number of piperidine rings is 1. The summed E-state index contributed by atoms with van der Waals surface area (Å²) in [5.74, 6) is 1.98. The highest BCUT2D eigenvalue weighted by Gasteiger charge is 2.21. The van der Waals surface area contributed by atoms with E-state index >= 15 is 0 Å². The first-order chi connectivity index (χ1) is 5.38. The Bertz CT molecular complexity index is 99.0. The molecule has 0 amide bonds. The highest BCUT2D eigenvalue weighted by molar-refractivity contribution is 4.76. The second kappa shape index (κ2) is 4.76. The van der Waals surface area contributed by atoms with Crippen LogP contribution in [-0.2, 0) is 0 Å². The lowest BCUT2D eigenvalue weighted by Crippen LogP contribution is -2.36. The molecule has 0 aromatic heterocycles. The van der Waals surface area contributed by atoms with Crippen molar-refractivity contribution < 1.29 is 0 Å². The Kier molecular flexibility index (Phi) is 3.92. The van der Waals surface area contributed by atoms with Crippen molar-refractivity contribution >= 4 is 0 Å². The highest BCUT2D eigenvalue weighted by Crippen LogP contribution is 2.25. The molecule has 0 saturated carbocycles. The first-order valence-electron chi connectivity index (χ1n) is 5.09. The minimum absolute atomic E-state index is 0.962. The lowest BCUT2D eigenvalue weighted by Gasteiger charge is -2.31. The molecule has 0 aromatic carbocycles. The van der Waals surface area contributed by atoms with E-state index in [1.807, 2.05) is 0 Å². The Morgan fingerprint density at radius 1 is 1.27 bits per heavy atom. The highest BCUT2D eigenvalue weighted by atomic mass is 14.9. The van der Waals surface area contributed by atoms with E-state index < -0.39 is 0 Å². The molecule has 1 aliphatic rings. The van der Waals surface area contributed by atoms with Crippen molar-refractivity contribution in [1.29, 1.82) is 0 Å². The van der Waals surface area contributed by atoms with Gasteiger partial charge in [0.15, 0.2) is 0 Å². The van der Waals surface area contributed by atoms with Crippen LogP contribution in [0.2, 0.25) is 0 Å². The Hall–Kier alpha value is -0.0400. The van der Waals surface area contributed by atoms with Crippen molar-refractivity contribution in [3.8, 4) is 0 Å². The third-order valence-electron chi connectivity index (χ3n) is 2.95. The lowest BCUT2D eigenvalue weighted by molar-refractivity contribution is 0.233. The van der Waals surface area contributed by atoms with Crippen LogP contribution < -0.4 is 5.32 Å². The third-order valence-corrected chi connectivity index (χ3v) is 2.95. The average molecular weight is 155 g/mol. The van der Waals surface area contributed by atoms with Gasteiger partial charge in [-0.25, -0.2) is 0 Å². The molecule has 0 aromatic rings. The first-order valence-corrected chi connectivity index (χ1v) is 5.09. The summed E-state index contributed by atoms with van der Waals surface area (Å²) >= 11 is 0. The van der Waals surface area contributed by atoms with Gasteiger partial charge in [0.25, 0.3) is 0 Å². The van der Waals surface area contributed by atoms with Gasteiger partial charge < -0.3 is 5.32 Å². The molecule has 1 saturated heterocycles. The van der Waals surface area contributed by atoms with Crippen molar-refractivity contribution in [2.75, 3.05) is 13.1 Å². The van der Waals surface area contributed by atoms with Gasteiger partial charge in [0.1, 0.15) is 0 Å². The number of rotatable bonds is 3. The third kappa shape index (κ3) is 2.48. The van der Waals surface area contributed by atoms with E-state index in [1.54, 1.807) is 0 Å². The van der Waals surface area contributed by atoms with Crippen LogP contribution in [0.3, 0.4) is 0 Å². The van der Waals surface area contributed by atoms with Gasteiger partial charge in [-0.05, 0) is 31.3 Å². The normalized spacial score (nSPS) is 32.2. The van der Waals surface area contributed by atoms with E-state index in [9.17, 15) is 0 Å². The summed E-state index contributed by atoms with van der Waals surface area (Å²) in [4.78, 5) is 0. The predicted molar refractivity (Wildman–Crippen MR) is 49.7 cm³/mol. The molecule has 11 heavy (non-hydrogen) atoms. The number of hydrogen-bond donors (Lipinski definition) is 1. The van der Waals surface area contributed by atoms with Crippen molar-refractivity contribution in [1.82, 2.24) is 5.32 Å². The molecule has 1 aliphatic heterocycles. The van der Waals surface area contributed by atoms with E-state index in [0.717, 1.165) is 11.8 Å². The van der Waals surface area contributed by atoms with E-state index in [2.05, 4.69) is 19.2 Å². The van der Waals surface area contributed by atoms with Crippen LogP contribution in [0.1, 0.15) is 39.5 Å². The molecule has 66 valence electrons. The van der Waals surface area contributed by atoms with Gasteiger partial charge in [0.05, 0.1) is 0 Å². The first kappa shape index (κ1) is 9.05. The molecule has 2 unspecified atom stereocenters. The summed E-state index contributed by atoms with van der Waals surface area (Å²) in [7, 11) is 0. The second-order valence-electron chi connectivity index (χ2n) is 3.71. The van der Waals surface area contributed by atoms with Gasteiger partial charge >= 0.3 is 0 Å². The summed E-state index contributed by atoms with van der Waals surface area (Å²) in [6.45, 7) is 7.14. The van der Waals surface area contributed by atoms with Gasteiger partial charge in [0, 0.05) is 0 Å². The Morgan fingerprint density at radius 3 is 2.73 bits per heavy atom. The molecule has 0 aliphatic carbocycles. The van der Waals surface area contributed by atoms with Gasteiger partial charge in [-0.2, -0.15) is 0 Å². The molecule has 1 fully saturated rings. The largest absolute Gasteiger partial charge is 0.316 e. The van der Waals surface area contributed by atoms with Crippen LogP contribution in [0.5, 0.6) is 0 Å². The zero-order chi connectivity index (χ0) is 8.10. The van der Waals surface area contributed by atoms with Crippen molar-refractivity contribution in [3.05, 3.63) is 0 Å². The molecule has 2 atom stereocenters. The summed E-state index contributed by atoms with van der Waals surface area (Å²) in [5.41, 5.74) is 0. The maximum atomic E-state index is 3.47. The van der Waals surface area contributed by atoms with Crippen LogP contribution in [0.15, 0.2) is 0 Å². The smallest absolute Gasteiger partial charge is 0.00180 e. The summed E-state index contributed by atoms with van der Waals surface area (Å²) < 4.78 is 0. The minimum atomic E-state index is 0.962. The van der Waals surface area contributed by atoms with Gasteiger partial charge in [-0.3, -0.25) is 0 Å². The molecule has 1 rings (SSSR count). The fourth-order valence-electron chi connectivity index (χ4n) is 2.21. The number of nitrogens with one attached hydrogen (secondary N) is 1. The van der Waals surface area contributed by atoms with Gasteiger partial charge in [0.2, 0.25) is 0 Å². The molecule has 1 heteroatoms. The Morgan fingerprint density at radius 2 is 2.09 bits per heavy atom. The van der Waals surface area contributed by atoms with Crippen LogP contribution in [0, 0.1) is 11.8 Å². The van der Waals surface area contributed by atoms with E-state index in [4.69, 9.17) is 0 Å². The summed E-state index contributed by atoms with van der Waals surface area (Å²) in [6, 6.07) is 0. The van der Waals surface area contributed by atoms with Crippen molar-refractivity contribution in [2.24, 2.45) is 11.8 Å². The molecule has 1 heterocycles. The predicted octanol–water partition coefficient (Wildman–Crippen LogP) is 2.42. The van der Waals surface area contributed by atoms with Crippen LogP contribution >= 0.6 is 0 Å². The Labute approximate surface area is 70.6 Å². The molecule has 1 nitrogen and oxygen atoms in total. The lowest BCUT2D eigenvalue weighted by atomic mass is 9.82. The number of hydrogen-bond acceptors (Lipinski definition) is 1. The molecular formula is C10H21N. The average Bonchev–Trinajstić information content (AvgIpc) is 2.06. The van der Waals surface area contributed by atoms with E-state index in [-0.39, 0.29) is 0 Å².